The molecule has 0 aliphatic rings. The molecule has 0 aliphatic heterocycles. The molecule has 21 heavy (non-hydrogen) atoms. The van der Waals surface area contributed by atoms with Gasteiger partial charge in [-0.15, -0.1) is 0 Å². The van der Waals surface area contributed by atoms with Crippen LogP contribution < -0.4 is 5.32 Å². The molecule has 0 atom stereocenters. The van der Waals surface area contributed by atoms with Crippen LogP contribution in [0.5, 0.6) is 0 Å². The number of nitrogens with zero attached hydrogens (tertiary/aromatic N) is 2. The summed E-state index contributed by atoms with van der Waals surface area (Å²) in [6.45, 7) is 5.58. The number of aromatic nitrogens is 1. The van der Waals surface area contributed by atoms with Crippen LogP contribution in [0.15, 0.2) is 33.4 Å². The van der Waals surface area contributed by atoms with Gasteiger partial charge in [-0.05, 0) is 32.9 Å². The second-order valence-corrected chi connectivity index (χ2v) is 4.88. The minimum Gasteiger partial charge on any atom is -0.467 e. The number of nitrogens with one attached hydrogen (secondary N) is 1. The predicted octanol–water partition coefficient (Wildman–Crippen LogP) is 1.95. The highest BCUT2D eigenvalue weighted by atomic mass is 16.5. The van der Waals surface area contributed by atoms with E-state index in [-0.39, 0.29) is 18.4 Å². The average molecular weight is 291 g/mol. The van der Waals surface area contributed by atoms with Crippen molar-refractivity contribution in [2.24, 2.45) is 0 Å². The van der Waals surface area contributed by atoms with Crippen molar-refractivity contribution in [3.05, 3.63) is 36.0 Å². The van der Waals surface area contributed by atoms with E-state index in [1.165, 1.54) is 17.2 Å². The lowest BCUT2D eigenvalue weighted by molar-refractivity contribution is -0.145. The van der Waals surface area contributed by atoms with Crippen molar-refractivity contribution in [2.75, 3.05) is 5.32 Å². The van der Waals surface area contributed by atoms with Gasteiger partial charge in [-0.3, -0.25) is 14.9 Å². The highest BCUT2D eigenvalue weighted by Crippen LogP contribution is 2.11. The van der Waals surface area contributed by atoms with Crippen molar-refractivity contribution in [3.63, 3.8) is 0 Å². The summed E-state index contributed by atoms with van der Waals surface area (Å²) in [5.74, 6) is -0.0330. The SMILES string of the molecule is Cc1cc(NC(=O)C(=O)N(Cc2ccco2)C(C)C)no1. The molecule has 0 radical (unpaired) electrons. The van der Waals surface area contributed by atoms with Crippen LogP contribution in [0.25, 0.3) is 0 Å². The molecule has 2 rings (SSSR count). The Morgan fingerprint density at radius 2 is 2.19 bits per heavy atom. The molecular weight excluding hydrogens is 274 g/mol. The highest BCUT2D eigenvalue weighted by molar-refractivity contribution is 6.39. The van der Waals surface area contributed by atoms with Gasteiger partial charge in [0.15, 0.2) is 5.82 Å². The maximum atomic E-state index is 12.2. The smallest absolute Gasteiger partial charge is 0.315 e. The van der Waals surface area contributed by atoms with Crippen LogP contribution in [-0.2, 0) is 16.1 Å². The summed E-state index contributed by atoms with van der Waals surface area (Å²) in [5, 5.41) is 6.03. The lowest BCUT2D eigenvalue weighted by atomic mass is 10.2. The van der Waals surface area contributed by atoms with Gasteiger partial charge < -0.3 is 13.8 Å². The molecule has 2 amide bonds. The zero-order valence-corrected chi connectivity index (χ0v) is 12.1. The van der Waals surface area contributed by atoms with E-state index in [0.29, 0.717) is 11.5 Å². The Morgan fingerprint density at radius 1 is 1.43 bits per heavy atom. The maximum absolute atomic E-state index is 12.2. The Hall–Kier alpha value is -2.57. The molecule has 0 aliphatic carbocycles. The number of aryl methyl sites for hydroxylation is 1. The highest BCUT2D eigenvalue weighted by Gasteiger charge is 2.25. The number of amides is 2. The monoisotopic (exact) mass is 291 g/mol. The maximum Gasteiger partial charge on any atom is 0.315 e. The first-order valence-electron chi connectivity index (χ1n) is 6.55. The van der Waals surface area contributed by atoms with Gasteiger partial charge in [0.05, 0.1) is 12.8 Å². The molecule has 7 nitrogen and oxygen atoms in total. The van der Waals surface area contributed by atoms with Gasteiger partial charge in [0.25, 0.3) is 0 Å². The quantitative estimate of drug-likeness (QED) is 0.870. The summed E-state index contributed by atoms with van der Waals surface area (Å²) in [7, 11) is 0. The number of carbonyl (C=O) groups is 2. The normalized spacial score (nSPS) is 10.7. The van der Waals surface area contributed by atoms with Gasteiger partial charge in [0, 0.05) is 12.1 Å². The topological polar surface area (TPSA) is 88.6 Å². The summed E-state index contributed by atoms with van der Waals surface area (Å²) >= 11 is 0. The van der Waals surface area contributed by atoms with Crippen molar-refractivity contribution in [2.45, 2.75) is 33.4 Å². The van der Waals surface area contributed by atoms with E-state index < -0.39 is 11.8 Å². The fourth-order valence-corrected chi connectivity index (χ4v) is 1.78. The fraction of sp³-hybridized carbons (Fsp3) is 0.357. The third-order valence-electron chi connectivity index (χ3n) is 2.85. The molecule has 112 valence electrons. The van der Waals surface area contributed by atoms with Gasteiger partial charge in [0.1, 0.15) is 11.5 Å². The van der Waals surface area contributed by atoms with Gasteiger partial charge in [-0.1, -0.05) is 5.16 Å². The van der Waals surface area contributed by atoms with E-state index in [1.807, 2.05) is 13.8 Å². The lowest BCUT2D eigenvalue weighted by Gasteiger charge is -2.24. The molecule has 0 unspecified atom stereocenters. The van der Waals surface area contributed by atoms with Crippen LogP contribution in [0.4, 0.5) is 5.82 Å². The molecule has 0 fully saturated rings. The van der Waals surface area contributed by atoms with Crippen LogP contribution in [0.1, 0.15) is 25.4 Å². The van der Waals surface area contributed by atoms with Crippen LogP contribution in [0, 0.1) is 6.92 Å². The second-order valence-electron chi connectivity index (χ2n) is 4.88. The third kappa shape index (κ3) is 3.71. The number of anilines is 1. The van der Waals surface area contributed by atoms with Crippen molar-refractivity contribution in [1.29, 1.82) is 0 Å². The first-order chi connectivity index (χ1) is 9.97. The van der Waals surface area contributed by atoms with Crippen molar-refractivity contribution in [3.8, 4) is 0 Å². The Bertz CT molecular complexity index is 616. The van der Waals surface area contributed by atoms with Crippen molar-refractivity contribution in [1.82, 2.24) is 10.1 Å². The fourth-order valence-electron chi connectivity index (χ4n) is 1.78. The van der Waals surface area contributed by atoms with Gasteiger partial charge in [-0.25, -0.2) is 0 Å². The molecule has 2 heterocycles. The second kappa shape index (κ2) is 6.25. The summed E-state index contributed by atoms with van der Waals surface area (Å²) in [6.07, 6.45) is 1.52. The van der Waals surface area contributed by atoms with E-state index in [0.717, 1.165) is 0 Å². The number of hydrogen-bond donors (Lipinski definition) is 1. The van der Waals surface area contributed by atoms with Gasteiger partial charge in [0.2, 0.25) is 0 Å². The standard InChI is InChI=1S/C14H17N3O4/c1-9(2)17(8-11-5-4-6-20-11)14(19)13(18)15-12-7-10(3)21-16-12/h4-7,9H,8H2,1-3H3,(H,15,16,18). The summed E-state index contributed by atoms with van der Waals surface area (Å²) in [4.78, 5) is 25.6. The first kappa shape index (κ1) is 14.8. The Labute approximate surface area is 121 Å². The Morgan fingerprint density at radius 3 is 2.71 bits per heavy atom. The Balaban J connectivity index is 2.05. The van der Waals surface area contributed by atoms with Crippen molar-refractivity contribution < 1.29 is 18.5 Å². The van der Waals surface area contributed by atoms with Crippen LogP contribution in [0.3, 0.4) is 0 Å². The van der Waals surface area contributed by atoms with Crippen LogP contribution in [0.2, 0.25) is 0 Å². The molecule has 0 bridgehead atoms. The summed E-state index contributed by atoms with van der Waals surface area (Å²) in [5.41, 5.74) is 0. The third-order valence-corrected chi connectivity index (χ3v) is 2.85. The van der Waals surface area contributed by atoms with Crippen LogP contribution in [-0.4, -0.2) is 27.9 Å². The van der Waals surface area contributed by atoms with Gasteiger partial charge >= 0.3 is 11.8 Å². The molecule has 0 spiro atoms. The number of furan rings is 1. The Kier molecular flexibility index (Phi) is 4.42. The zero-order valence-electron chi connectivity index (χ0n) is 12.1. The largest absolute Gasteiger partial charge is 0.467 e. The first-order valence-corrected chi connectivity index (χ1v) is 6.55. The minimum absolute atomic E-state index is 0.146. The van der Waals surface area contributed by atoms with Gasteiger partial charge in [-0.2, -0.15) is 0 Å². The molecule has 7 heteroatoms. The molecule has 2 aromatic rings. The van der Waals surface area contributed by atoms with Crippen LogP contribution >= 0.6 is 0 Å². The van der Waals surface area contributed by atoms with E-state index >= 15 is 0 Å². The van der Waals surface area contributed by atoms with E-state index in [4.69, 9.17) is 8.94 Å². The molecule has 2 aromatic heterocycles. The molecule has 0 saturated heterocycles. The van der Waals surface area contributed by atoms with E-state index in [2.05, 4.69) is 10.5 Å². The lowest BCUT2D eigenvalue weighted by Crippen LogP contribution is -2.43. The number of carbonyl (C=O) groups excluding carboxylic acids is 2. The zero-order chi connectivity index (χ0) is 15.4. The molecule has 0 aromatic carbocycles. The summed E-state index contributed by atoms with van der Waals surface area (Å²) < 4.78 is 10.0. The minimum atomic E-state index is -0.761. The molecule has 0 saturated carbocycles. The number of rotatable bonds is 4. The van der Waals surface area contributed by atoms with Crippen molar-refractivity contribution >= 4 is 17.6 Å². The molecule has 1 N–H and O–H groups in total. The summed E-state index contributed by atoms with van der Waals surface area (Å²) in [6, 6.07) is 4.88. The van der Waals surface area contributed by atoms with E-state index in [9.17, 15) is 9.59 Å². The molecular formula is C14H17N3O4. The average Bonchev–Trinajstić information content (AvgIpc) is 3.06. The van der Waals surface area contributed by atoms with E-state index in [1.54, 1.807) is 19.1 Å². The number of hydrogen-bond acceptors (Lipinski definition) is 5. The predicted molar refractivity (Wildman–Crippen MR) is 74.3 cm³/mol.